The summed E-state index contributed by atoms with van der Waals surface area (Å²) in [5.41, 5.74) is 0.509. The lowest BCUT2D eigenvalue weighted by Gasteiger charge is -2.05. The van der Waals surface area contributed by atoms with Gasteiger partial charge in [0.1, 0.15) is 5.82 Å². The molecule has 1 aromatic carbocycles. The van der Waals surface area contributed by atoms with Gasteiger partial charge in [-0.1, -0.05) is 15.9 Å². The lowest BCUT2D eigenvalue weighted by molar-refractivity contribution is 0.629. The average molecular weight is 301 g/mol. The van der Waals surface area contributed by atoms with Crippen molar-refractivity contribution in [2.24, 2.45) is 0 Å². The third-order valence-corrected chi connectivity index (χ3v) is 3.46. The van der Waals surface area contributed by atoms with Crippen LogP contribution in [0.2, 0.25) is 0 Å². The van der Waals surface area contributed by atoms with Gasteiger partial charge in [-0.05, 0) is 25.1 Å². The summed E-state index contributed by atoms with van der Waals surface area (Å²) in [5.74, 6) is -0.254. The molecule has 0 aliphatic heterocycles. The highest BCUT2D eigenvalue weighted by atomic mass is 79.9. The Kier molecular flexibility index (Phi) is 3.56. The van der Waals surface area contributed by atoms with Gasteiger partial charge in [-0.2, -0.15) is 0 Å². The summed E-state index contributed by atoms with van der Waals surface area (Å²) in [5, 5.41) is 4.07. The van der Waals surface area contributed by atoms with Crippen molar-refractivity contribution in [3.63, 3.8) is 0 Å². The number of thiazole rings is 1. The lowest BCUT2D eigenvalue weighted by Crippen LogP contribution is -1.99. The first-order valence-electron chi connectivity index (χ1n) is 4.75. The first kappa shape index (κ1) is 11.5. The molecular formula is C11H10BrFN2S. The zero-order valence-electron chi connectivity index (χ0n) is 8.63. The molecule has 0 saturated carbocycles. The average Bonchev–Trinajstić information content (AvgIpc) is 2.63. The fourth-order valence-electron chi connectivity index (χ4n) is 1.30. The molecule has 0 saturated heterocycles. The van der Waals surface area contributed by atoms with Crippen molar-refractivity contribution < 1.29 is 4.39 Å². The molecule has 2 rings (SSSR count). The van der Waals surface area contributed by atoms with Gasteiger partial charge in [-0.25, -0.2) is 9.37 Å². The predicted octanol–water partition coefficient (Wildman–Crippen LogP) is 3.97. The van der Waals surface area contributed by atoms with Gasteiger partial charge >= 0.3 is 0 Å². The van der Waals surface area contributed by atoms with Crippen molar-refractivity contribution in [2.75, 3.05) is 5.32 Å². The summed E-state index contributed by atoms with van der Waals surface area (Å²) in [6.07, 6.45) is 1.81. The molecule has 0 spiro atoms. The summed E-state index contributed by atoms with van der Waals surface area (Å²) < 4.78 is 14.2. The number of aryl methyl sites for hydroxylation is 1. The van der Waals surface area contributed by atoms with Gasteiger partial charge in [0, 0.05) is 15.5 Å². The molecule has 1 heterocycles. The van der Waals surface area contributed by atoms with Gasteiger partial charge in [-0.15, -0.1) is 11.3 Å². The molecular weight excluding hydrogens is 291 g/mol. The molecule has 84 valence electrons. The minimum atomic E-state index is -0.254. The second kappa shape index (κ2) is 4.93. The van der Waals surface area contributed by atoms with Crippen LogP contribution in [-0.4, -0.2) is 4.98 Å². The highest BCUT2D eigenvalue weighted by molar-refractivity contribution is 9.10. The van der Waals surface area contributed by atoms with E-state index in [-0.39, 0.29) is 5.82 Å². The quantitative estimate of drug-likeness (QED) is 0.928. The number of benzene rings is 1. The fraction of sp³-hybridized carbons (Fsp3) is 0.182. The number of halogens is 2. The van der Waals surface area contributed by atoms with E-state index < -0.39 is 0 Å². The molecule has 1 N–H and O–H groups in total. The Morgan fingerprint density at radius 1 is 1.50 bits per heavy atom. The van der Waals surface area contributed by atoms with E-state index >= 15 is 0 Å². The smallest absolute Gasteiger partial charge is 0.147 e. The van der Waals surface area contributed by atoms with Crippen LogP contribution in [0.15, 0.2) is 28.9 Å². The SMILES string of the molecule is Cc1ncc(CNc2ccc(Br)cc2F)s1. The van der Waals surface area contributed by atoms with Gasteiger partial charge in [-0.3, -0.25) is 0 Å². The number of nitrogens with one attached hydrogen (secondary N) is 1. The summed E-state index contributed by atoms with van der Waals surface area (Å²) in [6, 6.07) is 4.97. The summed E-state index contributed by atoms with van der Waals surface area (Å²) in [4.78, 5) is 5.24. The Morgan fingerprint density at radius 2 is 2.31 bits per heavy atom. The Hall–Kier alpha value is -0.940. The van der Waals surface area contributed by atoms with E-state index in [4.69, 9.17) is 0 Å². The van der Waals surface area contributed by atoms with E-state index in [2.05, 4.69) is 26.2 Å². The number of hydrogen-bond acceptors (Lipinski definition) is 3. The van der Waals surface area contributed by atoms with E-state index in [1.54, 1.807) is 17.4 Å². The third kappa shape index (κ3) is 2.80. The number of anilines is 1. The van der Waals surface area contributed by atoms with Gasteiger partial charge < -0.3 is 5.32 Å². The molecule has 0 aliphatic rings. The normalized spacial score (nSPS) is 10.4. The van der Waals surface area contributed by atoms with Gasteiger partial charge in [0.15, 0.2) is 0 Å². The fourth-order valence-corrected chi connectivity index (χ4v) is 2.37. The van der Waals surface area contributed by atoms with Gasteiger partial charge in [0.2, 0.25) is 0 Å². The van der Waals surface area contributed by atoms with E-state index in [9.17, 15) is 4.39 Å². The van der Waals surface area contributed by atoms with Gasteiger partial charge in [0.25, 0.3) is 0 Å². The van der Waals surface area contributed by atoms with Crippen molar-refractivity contribution in [3.8, 4) is 0 Å². The Balaban J connectivity index is 2.04. The second-order valence-electron chi connectivity index (χ2n) is 3.32. The first-order valence-corrected chi connectivity index (χ1v) is 6.36. The Bertz CT molecular complexity index is 498. The minimum absolute atomic E-state index is 0.254. The number of nitrogens with zero attached hydrogens (tertiary/aromatic N) is 1. The van der Waals surface area contributed by atoms with Crippen LogP contribution in [-0.2, 0) is 6.54 Å². The highest BCUT2D eigenvalue weighted by Gasteiger charge is 2.03. The van der Waals surface area contributed by atoms with Crippen molar-refractivity contribution in [1.82, 2.24) is 4.98 Å². The Morgan fingerprint density at radius 3 is 2.94 bits per heavy atom. The zero-order chi connectivity index (χ0) is 11.5. The van der Waals surface area contributed by atoms with Gasteiger partial charge in [0.05, 0.1) is 17.2 Å². The van der Waals surface area contributed by atoms with Crippen LogP contribution in [0.3, 0.4) is 0 Å². The molecule has 2 aromatic rings. The van der Waals surface area contributed by atoms with Crippen molar-refractivity contribution in [3.05, 3.63) is 44.6 Å². The largest absolute Gasteiger partial charge is 0.378 e. The van der Waals surface area contributed by atoms with Crippen molar-refractivity contribution in [2.45, 2.75) is 13.5 Å². The molecule has 0 fully saturated rings. The van der Waals surface area contributed by atoms with Crippen LogP contribution in [0.25, 0.3) is 0 Å². The number of hydrogen-bond donors (Lipinski definition) is 1. The van der Waals surface area contributed by atoms with E-state index in [0.717, 1.165) is 14.4 Å². The van der Waals surface area contributed by atoms with Crippen LogP contribution in [0.1, 0.15) is 9.88 Å². The summed E-state index contributed by atoms with van der Waals surface area (Å²) in [7, 11) is 0. The minimum Gasteiger partial charge on any atom is -0.378 e. The Labute approximate surface area is 106 Å². The number of aromatic nitrogens is 1. The zero-order valence-corrected chi connectivity index (χ0v) is 11.0. The van der Waals surface area contributed by atoms with Crippen LogP contribution in [0.4, 0.5) is 10.1 Å². The lowest BCUT2D eigenvalue weighted by atomic mass is 10.3. The van der Waals surface area contributed by atoms with Crippen LogP contribution < -0.4 is 5.32 Å². The van der Waals surface area contributed by atoms with E-state index in [0.29, 0.717) is 12.2 Å². The maximum absolute atomic E-state index is 13.5. The molecule has 0 unspecified atom stereocenters. The summed E-state index contributed by atoms with van der Waals surface area (Å²) >= 11 is 4.83. The molecule has 0 aliphatic carbocycles. The van der Waals surface area contributed by atoms with Crippen LogP contribution in [0.5, 0.6) is 0 Å². The van der Waals surface area contributed by atoms with Crippen LogP contribution >= 0.6 is 27.3 Å². The molecule has 5 heteroatoms. The van der Waals surface area contributed by atoms with Crippen molar-refractivity contribution >= 4 is 33.0 Å². The predicted molar refractivity (Wildman–Crippen MR) is 68.3 cm³/mol. The maximum Gasteiger partial charge on any atom is 0.147 e. The van der Waals surface area contributed by atoms with Crippen LogP contribution in [0, 0.1) is 12.7 Å². The standard InChI is InChI=1S/C11H10BrFN2S/c1-7-14-5-9(16-7)6-15-11-3-2-8(12)4-10(11)13/h2-5,15H,6H2,1H3. The second-order valence-corrected chi connectivity index (χ2v) is 5.56. The molecule has 2 nitrogen and oxygen atoms in total. The maximum atomic E-state index is 13.5. The van der Waals surface area contributed by atoms with E-state index in [1.165, 1.54) is 6.07 Å². The molecule has 16 heavy (non-hydrogen) atoms. The monoisotopic (exact) mass is 300 g/mol. The number of rotatable bonds is 3. The molecule has 0 bridgehead atoms. The molecule has 0 amide bonds. The van der Waals surface area contributed by atoms with E-state index in [1.807, 2.05) is 19.2 Å². The molecule has 1 aromatic heterocycles. The highest BCUT2D eigenvalue weighted by Crippen LogP contribution is 2.20. The topological polar surface area (TPSA) is 24.9 Å². The molecule has 0 radical (unpaired) electrons. The third-order valence-electron chi connectivity index (χ3n) is 2.05. The summed E-state index contributed by atoms with van der Waals surface area (Å²) in [6.45, 7) is 2.55. The van der Waals surface area contributed by atoms with Crippen molar-refractivity contribution in [1.29, 1.82) is 0 Å². The molecule has 0 atom stereocenters. The first-order chi connectivity index (χ1) is 7.65.